The van der Waals surface area contributed by atoms with Gasteiger partial charge in [-0.15, -0.1) is 0 Å². The maximum Gasteiger partial charge on any atom is 0.241 e. The van der Waals surface area contributed by atoms with Crippen molar-refractivity contribution < 1.29 is 9.53 Å². The molecule has 1 aromatic carbocycles. The van der Waals surface area contributed by atoms with Gasteiger partial charge in [-0.05, 0) is 37.8 Å². The first-order chi connectivity index (χ1) is 10.2. The van der Waals surface area contributed by atoms with Gasteiger partial charge in [0.2, 0.25) is 5.91 Å². The number of hydrogen-bond donors (Lipinski definition) is 0. The maximum atomic E-state index is 12.7. The van der Waals surface area contributed by atoms with Crippen molar-refractivity contribution in [1.29, 1.82) is 0 Å². The highest BCUT2D eigenvalue weighted by Gasteiger charge is 2.31. The molecule has 1 fully saturated rings. The summed E-state index contributed by atoms with van der Waals surface area (Å²) < 4.78 is 5.39. The molecule has 0 aromatic heterocycles. The topological polar surface area (TPSA) is 32.8 Å². The van der Waals surface area contributed by atoms with Gasteiger partial charge in [-0.25, -0.2) is 0 Å². The van der Waals surface area contributed by atoms with E-state index in [1.165, 1.54) is 5.56 Å². The molecule has 0 N–H and O–H groups in total. The quantitative estimate of drug-likeness (QED) is 0.853. The lowest BCUT2D eigenvalue weighted by Gasteiger charge is -2.32. The highest BCUT2D eigenvalue weighted by Crippen LogP contribution is 2.32. The normalized spacial score (nSPS) is 23.3. The van der Waals surface area contributed by atoms with Crippen LogP contribution in [0.2, 0.25) is 0 Å². The molecule has 21 heavy (non-hydrogen) atoms. The lowest BCUT2D eigenvalue weighted by Crippen LogP contribution is -2.46. The van der Waals surface area contributed by atoms with Gasteiger partial charge in [0.05, 0.1) is 12.6 Å². The molecule has 0 saturated carbocycles. The second-order valence-electron chi connectivity index (χ2n) is 6.16. The van der Waals surface area contributed by atoms with Gasteiger partial charge < -0.3 is 9.64 Å². The molecule has 1 unspecified atom stereocenters. The van der Waals surface area contributed by atoms with E-state index in [0.29, 0.717) is 12.6 Å². The van der Waals surface area contributed by atoms with E-state index in [-0.39, 0.29) is 11.9 Å². The molecule has 0 aliphatic carbocycles. The van der Waals surface area contributed by atoms with Crippen LogP contribution in [0, 0.1) is 0 Å². The molecule has 1 amide bonds. The SMILES string of the molecule is COC1CCN(CC(=O)N2c3ccccc3CC2C)CC1. The number of ether oxygens (including phenoxy) is 1. The van der Waals surface area contributed by atoms with Gasteiger partial charge in [0.15, 0.2) is 0 Å². The van der Waals surface area contributed by atoms with Gasteiger partial charge in [-0.1, -0.05) is 18.2 Å². The standard InChI is InChI=1S/C17H24N2O2/c1-13-11-14-5-3-4-6-16(14)19(13)17(20)12-18-9-7-15(21-2)8-10-18/h3-6,13,15H,7-12H2,1-2H3. The average Bonchev–Trinajstić information content (AvgIpc) is 2.83. The maximum absolute atomic E-state index is 12.7. The van der Waals surface area contributed by atoms with Crippen molar-refractivity contribution in [2.75, 3.05) is 31.6 Å². The Kier molecular flexibility index (Phi) is 4.27. The van der Waals surface area contributed by atoms with Crippen molar-refractivity contribution in [1.82, 2.24) is 4.90 Å². The summed E-state index contributed by atoms with van der Waals surface area (Å²) in [6.07, 6.45) is 3.38. The molecular formula is C17H24N2O2. The number of amides is 1. The molecule has 2 aliphatic heterocycles. The molecule has 2 aliphatic rings. The second kappa shape index (κ2) is 6.16. The average molecular weight is 288 g/mol. The van der Waals surface area contributed by atoms with Gasteiger partial charge in [-0.3, -0.25) is 9.69 Å². The van der Waals surface area contributed by atoms with Gasteiger partial charge in [-0.2, -0.15) is 0 Å². The van der Waals surface area contributed by atoms with Crippen LogP contribution < -0.4 is 4.90 Å². The zero-order chi connectivity index (χ0) is 14.8. The minimum atomic E-state index is 0.225. The predicted molar refractivity (Wildman–Crippen MR) is 83.6 cm³/mol. The number of nitrogens with zero attached hydrogens (tertiary/aromatic N) is 2. The van der Waals surface area contributed by atoms with E-state index in [2.05, 4.69) is 30.0 Å². The van der Waals surface area contributed by atoms with E-state index in [0.717, 1.165) is 38.0 Å². The second-order valence-corrected chi connectivity index (χ2v) is 6.16. The van der Waals surface area contributed by atoms with Crippen LogP contribution in [0.15, 0.2) is 24.3 Å². The number of carbonyl (C=O) groups is 1. The van der Waals surface area contributed by atoms with Crippen LogP contribution >= 0.6 is 0 Å². The fourth-order valence-corrected chi connectivity index (χ4v) is 3.52. The molecule has 3 rings (SSSR count). The van der Waals surface area contributed by atoms with Crippen LogP contribution in [0.1, 0.15) is 25.3 Å². The molecule has 0 spiro atoms. The smallest absolute Gasteiger partial charge is 0.241 e. The fraction of sp³-hybridized carbons (Fsp3) is 0.588. The third-order valence-corrected chi connectivity index (χ3v) is 4.70. The summed E-state index contributed by atoms with van der Waals surface area (Å²) in [5.41, 5.74) is 2.39. The molecule has 1 atom stereocenters. The Morgan fingerprint density at radius 1 is 1.29 bits per heavy atom. The predicted octanol–water partition coefficient (Wildman–Crippen LogP) is 2.07. The number of benzene rings is 1. The highest BCUT2D eigenvalue weighted by molar-refractivity contribution is 5.97. The summed E-state index contributed by atoms with van der Waals surface area (Å²) in [4.78, 5) is 16.9. The number of likely N-dealkylation sites (tertiary alicyclic amines) is 1. The van der Waals surface area contributed by atoms with Crippen molar-refractivity contribution in [2.45, 2.75) is 38.3 Å². The van der Waals surface area contributed by atoms with Crippen molar-refractivity contribution in [3.8, 4) is 0 Å². The Morgan fingerprint density at radius 3 is 2.71 bits per heavy atom. The fourth-order valence-electron chi connectivity index (χ4n) is 3.52. The van der Waals surface area contributed by atoms with E-state index in [4.69, 9.17) is 4.74 Å². The lowest BCUT2D eigenvalue weighted by molar-refractivity contribution is -0.120. The van der Waals surface area contributed by atoms with Crippen molar-refractivity contribution >= 4 is 11.6 Å². The first-order valence-electron chi connectivity index (χ1n) is 7.84. The van der Waals surface area contributed by atoms with Crippen LogP contribution in [0.3, 0.4) is 0 Å². The first kappa shape index (κ1) is 14.5. The molecule has 0 bridgehead atoms. The van der Waals surface area contributed by atoms with E-state index in [9.17, 15) is 4.79 Å². The Morgan fingerprint density at radius 2 is 2.00 bits per heavy atom. The molecule has 4 nitrogen and oxygen atoms in total. The van der Waals surface area contributed by atoms with E-state index in [1.807, 2.05) is 11.0 Å². The summed E-state index contributed by atoms with van der Waals surface area (Å²) in [7, 11) is 1.77. The third-order valence-electron chi connectivity index (χ3n) is 4.70. The largest absolute Gasteiger partial charge is 0.381 e. The van der Waals surface area contributed by atoms with Crippen molar-refractivity contribution in [2.24, 2.45) is 0 Å². The number of hydrogen-bond acceptors (Lipinski definition) is 3. The van der Waals surface area contributed by atoms with Crippen molar-refractivity contribution in [3.05, 3.63) is 29.8 Å². The summed E-state index contributed by atoms with van der Waals surface area (Å²) in [5.74, 6) is 0.225. The summed E-state index contributed by atoms with van der Waals surface area (Å²) in [5, 5.41) is 0. The Hall–Kier alpha value is -1.39. The first-order valence-corrected chi connectivity index (χ1v) is 7.84. The van der Waals surface area contributed by atoms with Crippen LogP contribution in [0.25, 0.3) is 0 Å². The molecule has 1 aromatic rings. The van der Waals surface area contributed by atoms with Crippen molar-refractivity contribution in [3.63, 3.8) is 0 Å². The lowest BCUT2D eigenvalue weighted by atomic mass is 10.1. The number of methoxy groups -OCH3 is 1. The van der Waals surface area contributed by atoms with Gasteiger partial charge in [0, 0.05) is 31.9 Å². The summed E-state index contributed by atoms with van der Waals surface area (Å²) in [6.45, 7) is 4.56. The van der Waals surface area contributed by atoms with E-state index >= 15 is 0 Å². The van der Waals surface area contributed by atoms with E-state index < -0.39 is 0 Å². The van der Waals surface area contributed by atoms with Gasteiger partial charge in [0.25, 0.3) is 0 Å². The molecular weight excluding hydrogens is 264 g/mol. The van der Waals surface area contributed by atoms with Gasteiger partial charge in [0.1, 0.15) is 0 Å². The van der Waals surface area contributed by atoms with Crippen LogP contribution in [-0.4, -0.2) is 49.7 Å². The number of para-hydroxylation sites is 1. The van der Waals surface area contributed by atoms with Gasteiger partial charge >= 0.3 is 0 Å². The highest BCUT2D eigenvalue weighted by atomic mass is 16.5. The Bertz CT molecular complexity index is 509. The van der Waals surface area contributed by atoms with Crippen LogP contribution in [0.4, 0.5) is 5.69 Å². The summed E-state index contributed by atoms with van der Waals surface area (Å²) in [6, 6.07) is 8.53. The molecule has 0 radical (unpaired) electrons. The molecule has 114 valence electrons. The molecule has 1 saturated heterocycles. The number of rotatable bonds is 3. The van der Waals surface area contributed by atoms with Crippen LogP contribution in [-0.2, 0) is 16.0 Å². The Balaban J connectivity index is 1.64. The van der Waals surface area contributed by atoms with Crippen LogP contribution in [0.5, 0.6) is 0 Å². The molecule has 2 heterocycles. The Labute approximate surface area is 126 Å². The minimum Gasteiger partial charge on any atom is -0.381 e. The van der Waals surface area contributed by atoms with E-state index in [1.54, 1.807) is 7.11 Å². The number of piperidine rings is 1. The number of carbonyl (C=O) groups excluding carboxylic acids is 1. The third kappa shape index (κ3) is 2.97. The zero-order valence-electron chi connectivity index (χ0n) is 12.9. The zero-order valence-corrected chi connectivity index (χ0v) is 12.9. The summed E-state index contributed by atoms with van der Waals surface area (Å²) >= 11 is 0. The number of anilines is 1. The monoisotopic (exact) mass is 288 g/mol. The number of fused-ring (bicyclic) bond motifs is 1. The molecule has 4 heteroatoms. The minimum absolute atomic E-state index is 0.225.